The number of benzene rings is 1. The molecule has 1 aromatic carbocycles. The Bertz CT molecular complexity index is 1030. The van der Waals surface area contributed by atoms with Gasteiger partial charge in [0.1, 0.15) is 0 Å². The third-order valence-corrected chi connectivity index (χ3v) is 9.92. The van der Waals surface area contributed by atoms with Crippen molar-refractivity contribution in [1.29, 1.82) is 0 Å². The molecule has 0 atom stereocenters. The van der Waals surface area contributed by atoms with Crippen molar-refractivity contribution in [3.05, 3.63) is 56.3 Å². The molecule has 0 fully saturated rings. The Morgan fingerprint density at radius 2 is 0.929 bits per heavy atom. The highest BCUT2D eigenvalue weighted by Gasteiger charge is 2.43. The van der Waals surface area contributed by atoms with E-state index in [9.17, 15) is 0 Å². The molecular weight excluding hydrogens is 376 g/mol. The van der Waals surface area contributed by atoms with Crippen LogP contribution in [0, 0.1) is 0 Å². The fraction of sp³-hybridized carbons (Fsp3) is 0.462. The fourth-order valence-electron chi connectivity index (χ4n) is 5.02. The number of hydrogen-bond acceptors (Lipinski definition) is 2. The van der Waals surface area contributed by atoms with Crippen molar-refractivity contribution >= 4 is 22.7 Å². The van der Waals surface area contributed by atoms with Gasteiger partial charge in [0, 0.05) is 30.3 Å². The summed E-state index contributed by atoms with van der Waals surface area (Å²) in [5.41, 5.74) is 9.27. The van der Waals surface area contributed by atoms with Gasteiger partial charge in [-0.1, -0.05) is 55.4 Å². The Morgan fingerprint density at radius 1 is 0.571 bits per heavy atom. The lowest BCUT2D eigenvalue weighted by molar-refractivity contribution is 0.651. The Hall–Kier alpha value is -1.38. The van der Waals surface area contributed by atoms with Gasteiger partial charge in [0.2, 0.25) is 0 Å². The molecule has 2 heterocycles. The Morgan fingerprint density at radius 3 is 1.25 bits per heavy atom. The van der Waals surface area contributed by atoms with Gasteiger partial charge in [0.25, 0.3) is 0 Å². The zero-order valence-electron chi connectivity index (χ0n) is 18.3. The summed E-state index contributed by atoms with van der Waals surface area (Å²) in [5, 5.41) is 0. The highest BCUT2D eigenvalue weighted by atomic mass is 32.1. The minimum atomic E-state index is 0.0916. The smallest absolute Gasteiger partial charge is 0.0389 e. The van der Waals surface area contributed by atoms with Crippen LogP contribution in [0.15, 0.2) is 24.3 Å². The summed E-state index contributed by atoms with van der Waals surface area (Å²) in [5.74, 6) is 1.20. The van der Waals surface area contributed by atoms with Crippen LogP contribution in [0.1, 0.15) is 99.2 Å². The highest BCUT2D eigenvalue weighted by Crippen LogP contribution is 2.59. The number of fused-ring (bicyclic) bond motifs is 6. The van der Waals surface area contributed by atoms with Crippen LogP contribution in [0.3, 0.4) is 0 Å². The molecule has 0 aliphatic heterocycles. The standard InChI is InChI=1S/C26H30S2/c1-13(2)21-11-19-23(27-21)15-9-18-16(10-17(15)25(19,5)6)24-20(26(18,7)8)12-22(28-24)14(3)4/h9-14H,1-8H3. The van der Waals surface area contributed by atoms with Crippen LogP contribution < -0.4 is 0 Å². The summed E-state index contributed by atoms with van der Waals surface area (Å²) >= 11 is 4.03. The maximum Gasteiger partial charge on any atom is 0.0389 e. The summed E-state index contributed by atoms with van der Waals surface area (Å²) in [6.07, 6.45) is 0. The molecule has 0 unspecified atom stereocenters. The molecule has 2 heteroatoms. The first-order valence-electron chi connectivity index (χ1n) is 10.5. The SMILES string of the molecule is CC(C)c1cc2c(s1)-c1cc3c(cc1C2(C)C)-c1sc(C(C)C)cc1C3(C)C. The first-order valence-corrected chi connectivity index (χ1v) is 12.1. The average molecular weight is 407 g/mol. The molecule has 0 saturated carbocycles. The molecule has 5 rings (SSSR count). The summed E-state index contributed by atoms with van der Waals surface area (Å²) in [7, 11) is 0. The highest BCUT2D eigenvalue weighted by molar-refractivity contribution is 7.16. The van der Waals surface area contributed by atoms with Crippen LogP contribution in [0.5, 0.6) is 0 Å². The van der Waals surface area contributed by atoms with Crippen LogP contribution in [0.25, 0.3) is 20.9 Å². The summed E-state index contributed by atoms with van der Waals surface area (Å²) in [4.78, 5) is 6.06. The largest absolute Gasteiger partial charge is 0.140 e. The van der Waals surface area contributed by atoms with Gasteiger partial charge in [0.05, 0.1) is 0 Å². The van der Waals surface area contributed by atoms with Crippen molar-refractivity contribution in [2.75, 3.05) is 0 Å². The minimum absolute atomic E-state index is 0.0916. The number of thiophene rings is 2. The van der Waals surface area contributed by atoms with Gasteiger partial charge < -0.3 is 0 Å². The van der Waals surface area contributed by atoms with Gasteiger partial charge in [-0.2, -0.15) is 0 Å². The quantitative estimate of drug-likeness (QED) is 0.399. The molecule has 3 aromatic rings. The molecule has 2 aliphatic carbocycles. The molecule has 0 amide bonds. The second-order valence-electron chi connectivity index (χ2n) is 10.3. The van der Waals surface area contributed by atoms with E-state index in [-0.39, 0.29) is 10.8 Å². The third-order valence-electron chi connectivity index (χ3n) is 6.98. The number of hydrogen-bond donors (Lipinski definition) is 0. The predicted molar refractivity (Wildman–Crippen MR) is 126 cm³/mol. The van der Waals surface area contributed by atoms with E-state index in [0.29, 0.717) is 11.8 Å². The Labute approximate surface area is 177 Å². The van der Waals surface area contributed by atoms with Crippen molar-refractivity contribution in [2.45, 2.75) is 78.1 Å². The van der Waals surface area contributed by atoms with Gasteiger partial charge >= 0.3 is 0 Å². The second-order valence-corrected chi connectivity index (χ2v) is 12.5. The molecule has 0 nitrogen and oxygen atoms in total. The lowest BCUT2D eigenvalue weighted by Crippen LogP contribution is -2.17. The molecule has 2 aromatic heterocycles. The lowest BCUT2D eigenvalue weighted by Gasteiger charge is -2.24. The predicted octanol–water partition coefficient (Wildman–Crippen LogP) is 8.67. The van der Waals surface area contributed by atoms with Gasteiger partial charge in [0.15, 0.2) is 0 Å². The van der Waals surface area contributed by atoms with Crippen molar-refractivity contribution in [3.63, 3.8) is 0 Å². The van der Waals surface area contributed by atoms with Crippen LogP contribution in [-0.2, 0) is 10.8 Å². The van der Waals surface area contributed by atoms with E-state index >= 15 is 0 Å². The monoisotopic (exact) mass is 406 g/mol. The van der Waals surface area contributed by atoms with Crippen LogP contribution in [0.4, 0.5) is 0 Å². The van der Waals surface area contributed by atoms with Crippen LogP contribution >= 0.6 is 22.7 Å². The first-order chi connectivity index (χ1) is 13.0. The van der Waals surface area contributed by atoms with Crippen LogP contribution in [-0.4, -0.2) is 0 Å². The molecule has 146 valence electrons. The summed E-state index contributed by atoms with van der Waals surface area (Å²) < 4.78 is 0. The van der Waals surface area contributed by atoms with E-state index in [1.54, 1.807) is 0 Å². The first kappa shape index (κ1) is 18.6. The van der Waals surface area contributed by atoms with Gasteiger partial charge in [-0.25, -0.2) is 0 Å². The molecule has 0 spiro atoms. The van der Waals surface area contributed by atoms with Crippen LogP contribution in [0.2, 0.25) is 0 Å². The molecular formula is C26H30S2. The normalized spacial score (nSPS) is 17.8. The lowest BCUT2D eigenvalue weighted by atomic mass is 9.79. The molecule has 0 saturated heterocycles. The van der Waals surface area contributed by atoms with E-state index < -0.39 is 0 Å². The molecule has 0 radical (unpaired) electrons. The second kappa shape index (κ2) is 5.61. The van der Waals surface area contributed by atoms with Crippen molar-refractivity contribution in [1.82, 2.24) is 0 Å². The van der Waals surface area contributed by atoms with Gasteiger partial charge in [-0.15, -0.1) is 22.7 Å². The molecule has 0 bridgehead atoms. The third kappa shape index (κ3) is 2.22. The van der Waals surface area contributed by atoms with Crippen molar-refractivity contribution in [2.24, 2.45) is 0 Å². The zero-order chi connectivity index (χ0) is 20.2. The van der Waals surface area contributed by atoms with E-state index in [1.165, 1.54) is 52.9 Å². The summed E-state index contributed by atoms with van der Waals surface area (Å²) in [6.45, 7) is 18.9. The Kier molecular flexibility index (Phi) is 3.73. The van der Waals surface area contributed by atoms with Gasteiger partial charge in [-0.3, -0.25) is 0 Å². The van der Waals surface area contributed by atoms with Crippen molar-refractivity contribution < 1.29 is 0 Å². The molecule has 2 aliphatic rings. The summed E-state index contributed by atoms with van der Waals surface area (Å²) in [6, 6.07) is 10.0. The van der Waals surface area contributed by atoms with E-state index in [0.717, 1.165) is 0 Å². The maximum atomic E-state index is 2.54. The fourth-order valence-corrected chi connectivity index (χ4v) is 7.72. The average Bonchev–Trinajstić information content (AvgIpc) is 3.32. The Balaban J connectivity index is 1.76. The number of rotatable bonds is 2. The van der Waals surface area contributed by atoms with Gasteiger partial charge in [-0.05, 0) is 69.5 Å². The zero-order valence-corrected chi connectivity index (χ0v) is 19.9. The van der Waals surface area contributed by atoms with E-state index in [4.69, 9.17) is 0 Å². The topological polar surface area (TPSA) is 0 Å². The molecule has 28 heavy (non-hydrogen) atoms. The van der Waals surface area contributed by atoms with E-state index in [1.807, 2.05) is 22.7 Å². The molecule has 0 N–H and O–H groups in total. The maximum absolute atomic E-state index is 2.54. The van der Waals surface area contributed by atoms with Crippen molar-refractivity contribution in [3.8, 4) is 20.9 Å². The van der Waals surface area contributed by atoms with E-state index in [2.05, 4.69) is 79.7 Å². The minimum Gasteiger partial charge on any atom is -0.140 e.